The summed E-state index contributed by atoms with van der Waals surface area (Å²) in [5.41, 5.74) is 0.493. The molecule has 0 spiro atoms. The number of hydrogen-bond donors (Lipinski definition) is 3. The van der Waals surface area contributed by atoms with Crippen LogP contribution in [0.1, 0.15) is 5.56 Å². The number of aliphatic hydroxyl groups excluding tert-OH is 2. The Hall–Kier alpha value is -3.11. The SMILES string of the molecule is COC(=O)[C@H](O)[C@H]1OC(=O)[C@H](O)[C@H]1OC(=O)/C=C/c1ccc(O)c(OC)c1. The van der Waals surface area contributed by atoms with Crippen LogP contribution in [0.5, 0.6) is 11.5 Å². The van der Waals surface area contributed by atoms with E-state index in [1.54, 1.807) is 0 Å². The Balaban J connectivity index is 2.10. The lowest BCUT2D eigenvalue weighted by molar-refractivity contribution is -0.169. The molecule has 1 aliphatic rings. The molecule has 1 heterocycles. The van der Waals surface area contributed by atoms with Crippen molar-refractivity contribution in [3.63, 3.8) is 0 Å². The van der Waals surface area contributed by atoms with E-state index in [4.69, 9.17) is 14.2 Å². The first-order chi connectivity index (χ1) is 12.8. The van der Waals surface area contributed by atoms with Crippen molar-refractivity contribution in [2.75, 3.05) is 14.2 Å². The highest BCUT2D eigenvalue weighted by Gasteiger charge is 2.51. The van der Waals surface area contributed by atoms with Crippen LogP contribution >= 0.6 is 0 Å². The molecule has 4 atom stereocenters. The zero-order chi connectivity index (χ0) is 20.1. The highest BCUT2D eigenvalue weighted by Crippen LogP contribution is 2.27. The maximum atomic E-state index is 12.0. The van der Waals surface area contributed by atoms with Crippen LogP contribution in [-0.4, -0.2) is 71.9 Å². The van der Waals surface area contributed by atoms with Crippen LogP contribution in [-0.2, 0) is 28.6 Å². The third kappa shape index (κ3) is 4.54. The second-order valence-corrected chi connectivity index (χ2v) is 5.48. The molecule has 27 heavy (non-hydrogen) atoms. The highest BCUT2D eigenvalue weighted by molar-refractivity contribution is 5.88. The van der Waals surface area contributed by atoms with Crippen LogP contribution < -0.4 is 4.74 Å². The van der Waals surface area contributed by atoms with Gasteiger partial charge in [-0.3, -0.25) is 0 Å². The molecule has 0 unspecified atom stereocenters. The number of rotatable bonds is 6. The number of phenolic OH excluding ortho intramolecular Hbond substituents is 1. The first-order valence-electron chi connectivity index (χ1n) is 7.68. The van der Waals surface area contributed by atoms with Crippen LogP contribution in [0.25, 0.3) is 6.08 Å². The number of aromatic hydroxyl groups is 1. The predicted octanol–water partition coefficient (Wildman–Crippen LogP) is -0.854. The number of phenols is 1. The van der Waals surface area contributed by atoms with Crippen molar-refractivity contribution in [1.82, 2.24) is 0 Å². The van der Waals surface area contributed by atoms with E-state index in [-0.39, 0.29) is 11.5 Å². The molecule has 3 N–H and O–H groups in total. The fourth-order valence-electron chi connectivity index (χ4n) is 2.35. The van der Waals surface area contributed by atoms with Gasteiger partial charge in [0, 0.05) is 6.08 Å². The number of cyclic esters (lactones) is 1. The molecule has 0 bridgehead atoms. The summed E-state index contributed by atoms with van der Waals surface area (Å²) < 4.78 is 18.9. The number of esters is 3. The van der Waals surface area contributed by atoms with Gasteiger partial charge in [-0.05, 0) is 23.8 Å². The Morgan fingerprint density at radius 2 is 2.00 bits per heavy atom. The van der Waals surface area contributed by atoms with Crippen LogP contribution in [0.15, 0.2) is 24.3 Å². The Morgan fingerprint density at radius 1 is 1.30 bits per heavy atom. The molecule has 0 saturated carbocycles. The fourth-order valence-corrected chi connectivity index (χ4v) is 2.35. The molecular formula is C17H18O10. The number of benzene rings is 1. The largest absolute Gasteiger partial charge is 0.504 e. The van der Waals surface area contributed by atoms with Gasteiger partial charge in [0.15, 0.2) is 35.9 Å². The van der Waals surface area contributed by atoms with E-state index in [1.807, 2.05) is 0 Å². The smallest absolute Gasteiger partial charge is 0.339 e. The van der Waals surface area contributed by atoms with Gasteiger partial charge in [0.2, 0.25) is 0 Å². The number of aliphatic hydroxyl groups is 2. The molecule has 10 heteroatoms. The van der Waals surface area contributed by atoms with Gasteiger partial charge in [0.05, 0.1) is 14.2 Å². The van der Waals surface area contributed by atoms with Gasteiger partial charge in [-0.15, -0.1) is 0 Å². The Bertz CT molecular complexity index is 756. The summed E-state index contributed by atoms with van der Waals surface area (Å²) in [5, 5.41) is 29.1. The van der Waals surface area contributed by atoms with Gasteiger partial charge >= 0.3 is 17.9 Å². The van der Waals surface area contributed by atoms with E-state index in [0.29, 0.717) is 5.56 Å². The molecule has 0 amide bonds. The molecule has 2 rings (SSSR count). The second kappa shape index (κ2) is 8.52. The number of carbonyl (C=O) groups is 3. The minimum atomic E-state index is -1.93. The number of carbonyl (C=O) groups excluding carboxylic acids is 3. The molecule has 1 aromatic carbocycles. The summed E-state index contributed by atoms with van der Waals surface area (Å²) in [4.78, 5) is 34.9. The second-order valence-electron chi connectivity index (χ2n) is 5.48. The molecule has 146 valence electrons. The van der Waals surface area contributed by atoms with Gasteiger partial charge in [0.25, 0.3) is 0 Å². The number of methoxy groups -OCH3 is 2. The summed E-state index contributed by atoms with van der Waals surface area (Å²) in [7, 11) is 2.37. The van der Waals surface area contributed by atoms with Crippen LogP contribution in [0, 0.1) is 0 Å². The summed E-state index contributed by atoms with van der Waals surface area (Å²) in [6.07, 6.45) is -4.67. The molecule has 1 fully saturated rings. The molecule has 10 nitrogen and oxygen atoms in total. The fraction of sp³-hybridized carbons (Fsp3) is 0.353. The molecule has 0 aromatic heterocycles. The maximum absolute atomic E-state index is 12.0. The Kier molecular flexibility index (Phi) is 6.37. The summed E-state index contributed by atoms with van der Waals surface area (Å²) in [6.45, 7) is 0. The van der Waals surface area contributed by atoms with Gasteiger partial charge in [-0.25, -0.2) is 14.4 Å². The number of hydrogen-bond acceptors (Lipinski definition) is 10. The van der Waals surface area contributed by atoms with Crippen molar-refractivity contribution >= 4 is 24.0 Å². The van der Waals surface area contributed by atoms with E-state index in [0.717, 1.165) is 13.2 Å². The Labute approximate surface area is 153 Å². The highest BCUT2D eigenvalue weighted by atomic mass is 16.6. The van der Waals surface area contributed by atoms with Gasteiger partial charge in [-0.2, -0.15) is 0 Å². The molecule has 0 radical (unpaired) electrons. The molecule has 1 aliphatic heterocycles. The third-order valence-electron chi connectivity index (χ3n) is 3.75. The van der Waals surface area contributed by atoms with Gasteiger partial charge in [-0.1, -0.05) is 6.07 Å². The lowest BCUT2D eigenvalue weighted by atomic mass is 10.1. The molecule has 1 aromatic rings. The lowest BCUT2D eigenvalue weighted by Gasteiger charge is -2.21. The quantitative estimate of drug-likeness (QED) is 0.322. The standard InChI is InChI=1S/C17H18O10/c1-24-10-7-8(3-5-9(10)18)4-6-11(19)26-14-13(21)17(23)27-15(14)12(20)16(22)25-2/h3-7,12-15,18,20-21H,1-2H3/b6-4+/t12-,13-,14-,15-/m1/s1. The lowest BCUT2D eigenvalue weighted by Crippen LogP contribution is -2.45. The van der Waals surface area contributed by atoms with E-state index in [1.165, 1.54) is 31.4 Å². The summed E-state index contributed by atoms with van der Waals surface area (Å²) in [5.74, 6) is -3.12. The van der Waals surface area contributed by atoms with Crippen molar-refractivity contribution in [3.05, 3.63) is 29.8 Å². The van der Waals surface area contributed by atoms with Gasteiger partial charge in [0.1, 0.15) is 0 Å². The first-order valence-corrected chi connectivity index (χ1v) is 7.68. The van der Waals surface area contributed by atoms with Crippen LogP contribution in [0.3, 0.4) is 0 Å². The first kappa shape index (κ1) is 20.2. The minimum absolute atomic E-state index is 0.0818. The average Bonchev–Trinajstić information content (AvgIpc) is 2.94. The average molecular weight is 382 g/mol. The van der Waals surface area contributed by atoms with E-state index in [2.05, 4.69) is 4.74 Å². The zero-order valence-electron chi connectivity index (χ0n) is 14.4. The topological polar surface area (TPSA) is 149 Å². The Morgan fingerprint density at radius 3 is 2.63 bits per heavy atom. The van der Waals surface area contributed by atoms with E-state index >= 15 is 0 Å². The van der Waals surface area contributed by atoms with Crippen molar-refractivity contribution in [2.45, 2.75) is 24.4 Å². The maximum Gasteiger partial charge on any atom is 0.339 e. The molecule has 1 saturated heterocycles. The predicted molar refractivity (Wildman–Crippen MR) is 87.5 cm³/mol. The minimum Gasteiger partial charge on any atom is -0.504 e. The molecule has 0 aliphatic carbocycles. The van der Waals surface area contributed by atoms with E-state index < -0.39 is 42.3 Å². The summed E-state index contributed by atoms with van der Waals surface area (Å²) >= 11 is 0. The van der Waals surface area contributed by atoms with Crippen LogP contribution in [0.4, 0.5) is 0 Å². The van der Waals surface area contributed by atoms with Crippen molar-refractivity contribution in [3.8, 4) is 11.5 Å². The molecular weight excluding hydrogens is 364 g/mol. The normalized spacial score (nSPS) is 23.0. The van der Waals surface area contributed by atoms with Crippen LogP contribution in [0.2, 0.25) is 0 Å². The van der Waals surface area contributed by atoms with Crippen molar-refractivity contribution < 1.29 is 48.7 Å². The third-order valence-corrected chi connectivity index (χ3v) is 3.75. The van der Waals surface area contributed by atoms with Gasteiger partial charge < -0.3 is 34.3 Å². The van der Waals surface area contributed by atoms with Crippen molar-refractivity contribution in [1.29, 1.82) is 0 Å². The summed E-state index contributed by atoms with van der Waals surface area (Å²) in [6, 6.07) is 4.32. The van der Waals surface area contributed by atoms with E-state index in [9.17, 15) is 29.7 Å². The monoisotopic (exact) mass is 382 g/mol. The van der Waals surface area contributed by atoms with Crippen molar-refractivity contribution in [2.24, 2.45) is 0 Å². The zero-order valence-corrected chi connectivity index (χ0v) is 14.4. The number of ether oxygens (including phenoxy) is 4.